The molecule has 0 bridgehead atoms. The average Bonchev–Trinajstić information content (AvgIpc) is 3.55. The van der Waals surface area contributed by atoms with Crippen molar-refractivity contribution in [3.05, 3.63) is 60.2 Å². The minimum atomic E-state index is -0.458. The quantitative estimate of drug-likeness (QED) is 0.626. The van der Waals surface area contributed by atoms with Gasteiger partial charge in [0, 0.05) is 6.54 Å². The van der Waals surface area contributed by atoms with Crippen LogP contribution in [0.3, 0.4) is 0 Å². The van der Waals surface area contributed by atoms with E-state index < -0.39 is 6.04 Å². The molecule has 0 aromatic heterocycles. The number of likely N-dealkylation sites (tertiary alicyclic amines) is 1. The van der Waals surface area contributed by atoms with E-state index in [0.717, 1.165) is 55.6 Å². The molecule has 0 spiro atoms. The van der Waals surface area contributed by atoms with E-state index in [-0.39, 0.29) is 29.8 Å². The molecule has 0 radical (unpaired) electrons. The lowest BCUT2D eigenvalue weighted by molar-refractivity contribution is -0.139. The summed E-state index contributed by atoms with van der Waals surface area (Å²) in [6.07, 6.45) is 6.09. The lowest BCUT2D eigenvalue weighted by atomic mass is 9.95. The molecule has 1 aliphatic carbocycles. The van der Waals surface area contributed by atoms with Crippen LogP contribution in [0.1, 0.15) is 57.1 Å². The largest absolute Gasteiger partial charge is 0.457 e. The van der Waals surface area contributed by atoms with Crippen LogP contribution in [0.25, 0.3) is 0 Å². The van der Waals surface area contributed by atoms with Crippen molar-refractivity contribution >= 4 is 11.8 Å². The number of amides is 2. The van der Waals surface area contributed by atoms with Crippen LogP contribution >= 0.6 is 0 Å². The summed E-state index contributed by atoms with van der Waals surface area (Å²) in [5.41, 5.74) is 1.08. The summed E-state index contributed by atoms with van der Waals surface area (Å²) >= 11 is 0. The third kappa shape index (κ3) is 5.56. The SMILES string of the molecule is CN[C@@H](C)C(=O)NC(C(=O)N1CCC[C@H]1c1cccc(Oc2ccccc2)c1)C1CCCC1. The topological polar surface area (TPSA) is 70.7 Å². The second kappa shape index (κ2) is 10.8. The fourth-order valence-corrected chi connectivity index (χ4v) is 5.05. The zero-order valence-electron chi connectivity index (χ0n) is 19.6. The van der Waals surface area contributed by atoms with Crippen LogP contribution in [0, 0.1) is 5.92 Å². The average molecular weight is 450 g/mol. The monoisotopic (exact) mass is 449 g/mol. The van der Waals surface area contributed by atoms with Gasteiger partial charge in [0.05, 0.1) is 12.1 Å². The minimum absolute atomic E-state index is 0.000600. The van der Waals surface area contributed by atoms with Crippen molar-refractivity contribution in [1.29, 1.82) is 0 Å². The summed E-state index contributed by atoms with van der Waals surface area (Å²) in [6, 6.07) is 17.0. The van der Waals surface area contributed by atoms with E-state index in [4.69, 9.17) is 4.74 Å². The number of rotatable bonds is 8. The van der Waals surface area contributed by atoms with E-state index in [1.165, 1.54) is 0 Å². The molecule has 2 amide bonds. The lowest BCUT2D eigenvalue weighted by Crippen LogP contribution is -2.55. The number of likely N-dealkylation sites (N-methyl/N-ethyl adjacent to an activating group) is 1. The van der Waals surface area contributed by atoms with E-state index in [1.54, 1.807) is 7.05 Å². The molecule has 33 heavy (non-hydrogen) atoms. The smallest absolute Gasteiger partial charge is 0.245 e. The van der Waals surface area contributed by atoms with Gasteiger partial charge in [0.2, 0.25) is 11.8 Å². The van der Waals surface area contributed by atoms with Gasteiger partial charge in [-0.3, -0.25) is 9.59 Å². The molecule has 2 N–H and O–H groups in total. The minimum Gasteiger partial charge on any atom is -0.457 e. The van der Waals surface area contributed by atoms with Gasteiger partial charge in [0.15, 0.2) is 0 Å². The van der Waals surface area contributed by atoms with Crippen LogP contribution in [0.5, 0.6) is 11.5 Å². The highest BCUT2D eigenvalue weighted by Crippen LogP contribution is 2.37. The van der Waals surface area contributed by atoms with E-state index >= 15 is 0 Å². The van der Waals surface area contributed by atoms with Gasteiger partial charge in [0.25, 0.3) is 0 Å². The van der Waals surface area contributed by atoms with Crippen LogP contribution in [0.15, 0.2) is 54.6 Å². The van der Waals surface area contributed by atoms with Gasteiger partial charge in [-0.1, -0.05) is 43.2 Å². The molecule has 2 aromatic carbocycles. The second-order valence-electron chi connectivity index (χ2n) is 9.22. The third-order valence-corrected chi connectivity index (χ3v) is 7.02. The first-order chi connectivity index (χ1) is 16.1. The number of nitrogens with one attached hydrogen (secondary N) is 2. The number of carbonyl (C=O) groups is 2. The number of hydrogen-bond acceptors (Lipinski definition) is 4. The predicted octanol–water partition coefficient (Wildman–Crippen LogP) is 4.43. The number of ether oxygens (including phenoxy) is 1. The maximum atomic E-state index is 13.8. The first-order valence-electron chi connectivity index (χ1n) is 12.2. The zero-order valence-corrected chi connectivity index (χ0v) is 19.6. The summed E-state index contributed by atoms with van der Waals surface area (Å²) in [6.45, 7) is 2.54. The molecule has 1 aliphatic heterocycles. The Labute approximate surface area is 196 Å². The summed E-state index contributed by atoms with van der Waals surface area (Å²) in [7, 11) is 1.76. The Kier molecular flexibility index (Phi) is 7.65. The Balaban J connectivity index is 1.53. The van der Waals surface area contributed by atoms with Gasteiger partial charge in [-0.05, 0) is 75.4 Å². The molecule has 6 heteroatoms. The number of para-hydroxylation sites is 1. The number of hydrogen-bond donors (Lipinski definition) is 2. The maximum absolute atomic E-state index is 13.8. The van der Waals surface area contributed by atoms with Gasteiger partial charge in [-0.15, -0.1) is 0 Å². The van der Waals surface area contributed by atoms with Crippen molar-refractivity contribution in [2.24, 2.45) is 5.92 Å². The fourth-order valence-electron chi connectivity index (χ4n) is 5.05. The molecule has 6 nitrogen and oxygen atoms in total. The Morgan fingerprint density at radius 1 is 0.970 bits per heavy atom. The normalized spacial score (nSPS) is 20.4. The molecular formula is C27H35N3O3. The Morgan fingerprint density at radius 3 is 2.42 bits per heavy atom. The molecule has 2 fully saturated rings. The van der Waals surface area contributed by atoms with E-state index in [0.29, 0.717) is 6.54 Å². The van der Waals surface area contributed by atoms with Crippen molar-refractivity contribution in [1.82, 2.24) is 15.5 Å². The highest BCUT2D eigenvalue weighted by Gasteiger charge is 2.39. The second-order valence-corrected chi connectivity index (χ2v) is 9.22. The van der Waals surface area contributed by atoms with Crippen molar-refractivity contribution in [2.45, 2.75) is 63.6 Å². The van der Waals surface area contributed by atoms with Gasteiger partial charge in [-0.2, -0.15) is 0 Å². The third-order valence-electron chi connectivity index (χ3n) is 7.02. The van der Waals surface area contributed by atoms with E-state index in [2.05, 4.69) is 16.7 Å². The number of carbonyl (C=O) groups excluding carboxylic acids is 2. The van der Waals surface area contributed by atoms with E-state index in [9.17, 15) is 9.59 Å². The maximum Gasteiger partial charge on any atom is 0.245 e. The Hall–Kier alpha value is -2.86. The molecule has 1 saturated heterocycles. The molecule has 4 rings (SSSR count). The van der Waals surface area contributed by atoms with Gasteiger partial charge < -0.3 is 20.3 Å². The van der Waals surface area contributed by atoms with Crippen LogP contribution < -0.4 is 15.4 Å². The van der Waals surface area contributed by atoms with Crippen LogP contribution in [0.4, 0.5) is 0 Å². The first-order valence-corrected chi connectivity index (χ1v) is 12.2. The molecular weight excluding hydrogens is 414 g/mol. The molecule has 1 heterocycles. The van der Waals surface area contributed by atoms with Crippen molar-refractivity contribution in [3.63, 3.8) is 0 Å². The lowest BCUT2D eigenvalue weighted by Gasteiger charge is -2.33. The van der Waals surface area contributed by atoms with Crippen molar-refractivity contribution < 1.29 is 14.3 Å². The number of benzene rings is 2. The summed E-state index contributed by atoms with van der Waals surface area (Å²) < 4.78 is 6.03. The molecule has 176 valence electrons. The molecule has 2 aromatic rings. The summed E-state index contributed by atoms with van der Waals surface area (Å²) in [4.78, 5) is 28.4. The van der Waals surface area contributed by atoms with Crippen molar-refractivity contribution in [3.8, 4) is 11.5 Å². The van der Waals surface area contributed by atoms with E-state index in [1.807, 2.05) is 60.4 Å². The van der Waals surface area contributed by atoms with Crippen LogP contribution in [-0.2, 0) is 9.59 Å². The van der Waals surface area contributed by atoms with Gasteiger partial charge in [0.1, 0.15) is 17.5 Å². The zero-order chi connectivity index (χ0) is 23.2. The molecule has 1 unspecified atom stereocenters. The summed E-state index contributed by atoms with van der Waals surface area (Å²) in [5, 5.41) is 6.06. The van der Waals surface area contributed by atoms with Crippen molar-refractivity contribution in [2.75, 3.05) is 13.6 Å². The Bertz CT molecular complexity index is 943. The van der Waals surface area contributed by atoms with Gasteiger partial charge >= 0.3 is 0 Å². The first kappa shape index (κ1) is 23.3. The molecule has 3 atom stereocenters. The molecule has 2 aliphatic rings. The highest BCUT2D eigenvalue weighted by atomic mass is 16.5. The fraction of sp³-hybridized carbons (Fsp3) is 0.481. The highest BCUT2D eigenvalue weighted by molar-refractivity contribution is 5.90. The standard InChI is InChI=1S/C27H35N3O3/c1-19(28-2)26(31)29-25(20-10-6-7-11-20)27(32)30-17-9-16-24(30)21-12-8-15-23(18-21)33-22-13-4-3-5-14-22/h3-5,8,12-15,18-20,24-25,28H,6-7,9-11,16-17H2,1-2H3,(H,29,31)/t19-,24-,25?/m0/s1. The molecule has 1 saturated carbocycles. The number of nitrogens with zero attached hydrogens (tertiary/aromatic N) is 1. The van der Waals surface area contributed by atoms with Gasteiger partial charge in [-0.25, -0.2) is 0 Å². The predicted molar refractivity (Wildman–Crippen MR) is 129 cm³/mol. The summed E-state index contributed by atoms with van der Waals surface area (Å²) in [5.74, 6) is 1.70. The van der Waals surface area contributed by atoms with Crippen LogP contribution in [0.2, 0.25) is 0 Å². The Morgan fingerprint density at radius 2 is 1.70 bits per heavy atom. The van der Waals surface area contributed by atoms with Crippen LogP contribution in [-0.4, -0.2) is 42.4 Å².